The molecule has 0 radical (unpaired) electrons. The first-order valence-corrected chi connectivity index (χ1v) is 12.6. The first-order valence-electron chi connectivity index (χ1n) is 12.6. The fourth-order valence-electron chi connectivity index (χ4n) is 4.66. The van der Waals surface area contributed by atoms with E-state index in [4.69, 9.17) is 10.5 Å². The van der Waals surface area contributed by atoms with Crippen LogP contribution in [0.25, 0.3) is 16.8 Å². The normalized spacial score (nSPS) is 16.9. The van der Waals surface area contributed by atoms with Gasteiger partial charge in [-0.3, -0.25) is 9.59 Å². The van der Waals surface area contributed by atoms with E-state index in [2.05, 4.69) is 15.5 Å². The zero-order valence-corrected chi connectivity index (χ0v) is 21.2. The van der Waals surface area contributed by atoms with Crippen LogP contribution in [0.15, 0.2) is 67.1 Å². The van der Waals surface area contributed by atoms with Crippen molar-refractivity contribution in [2.75, 3.05) is 0 Å². The highest BCUT2D eigenvalue weighted by Gasteiger charge is 2.27. The number of hydrogen-bond acceptors (Lipinski definition) is 6. The number of amides is 2. The molecule has 0 bridgehead atoms. The third-order valence-corrected chi connectivity index (χ3v) is 6.71. The molecule has 0 spiro atoms. The van der Waals surface area contributed by atoms with E-state index in [1.807, 2.05) is 36.4 Å². The Labute approximate surface area is 228 Å². The lowest BCUT2D eigenvalue weighted by atomic mass is 9.92. The van der Waals surface area contributed by atoms with Crippen molar-refractivity contribution >= 4 is 11.8 Å². The first kappa shape index (κ1) is 26.6. The summed E-state index contributed by atoms with van der Waals surface area (Å²) in [5.41, 5.74) is 7.78. The van der Waals surface area contributed by atoms with Gasteiger partial charge >= 0.3 is 6.55 Å². The van der Waals surface area contributed by atoms with Gasteiger partial charge in [-0.2, -0.15) is 19.1 Å². The second-order valence-electron chi connectivity index (χ2n) is 9.45. The Morgan fingerprint density at radius 3 is 2.48 bits per heavy atom. The SMILES string of the molecule is N#Cc1cc(C(=O)N[C@H]2CC[C@H](Oc3nn(-c4ccccc4)cc3C(N)=O)CC2)cc(-c2cnn(C(F)F)c2)c1. The number of rotatable bonds is 8. The third kappa shape index (κ3) is 5.83. The zero-order valence-electron chi connectivity index (χ0n) is 21.2. The minimum Gasteiger partial charge on any atom is -0.473 e. The molecule has 1 saturated carbocycles. The Morgan fingerprint density at radius 1 is 1.07 bits per heavy atom. The lowest BCUT2D eigenvalue weighted by Gasteiger charge is -2.29. The number of nitriles is 1. The van der Waals surface area contributed by atoms with E-state index in [1.165, 1.54) is 18.3 Å². The van der Waals surface area contributed by atoms with Crippen LogP contribution in [0, 0.1) is 11.3 Å². The van der Waals surface area contributed by atoms with Crippen molar-refractivity contribution in [3.8, 4) is 28.8 Å². The molecule has 2 aromatic carbocycles. The molecule has 0 saturated heterocycles. The Bertz CT molecular complexity index is 1570. The molecule has 0 unspecified atom stereocenters. The molecule has 2 aromatic heterocycles. The molecule has 4 aromatic rings. The largest absolute Gasteiger partial charge is 0.473 e. The number of nitrogens with two attached hydrogens (primary N) is 1. The second-order valence-corrected chi connectivity index (χ2v) is 9.45. The standard InChI is InChI=1S/C28H25F2N7O3/c29-28(30)37-15-20(14-33-37)18-10-17(13-31)11-19(12-18)26(39)34-21-6-8-23(9-7-21)40-27-24(25(32)38)16-36(35-27)22-4-2-1-3-5-22/h1-5,10-12,14-16,21,23,28H,6-9H2,(H2,32,38)(H,34,39)/t21-,23-. The smallest absolute Gasteiger partial charge is 0.333 e. The summed E-state index contributed by atoms with van der Waals surface area (Å²) in [4.78, 5) is 25.0. The van der Waals surface area contributed by atoms with Crippen LogP contribution in [0.2, 0.25) is 0 Å². The van der Waals surface area contributed by atoms with Crippen LogP contribution in [-0.2, 0) is 0 Å². The number of hydrogen-bond donors (Lipinski definition) is 2. The van der Waals surface area contributed by atoms with Crippen LogP contribution < -0.4 is 15.8 Å². The molecule has 10 nitrogen and oxygen atoms in total. The average molecular weight is 546 g/mol. The third-order valence-electron chi connectivity index (χ3n) is 6.71. The number of ether oxygens (including phenoxy) is 1. The van der Waals surface area contributed by atoms with Crippen LogP contribution in [0.4, 0.5) is 8.78 Å². The van der Waals surface area contributed by atoms with Gasteiger partial charge in [0.15, 0.2) is 0 Å². The number of carbonyl (C=O) groups excluding carboxylic acids is 2. The maximum atomic E-state index is 13.1. The van der Waals surface area contributed by atoms with Gasteiger partial charge in [0, 0.05) is 29.6 Å². The molecule has 40 heavy (non-hydrogen) atoms. The van der Waals surface area contributed by atoms with E-state index in [1.54, 1.807) is 16.9 Å². The van der Waals surface area contributed by atoms with Gasteiger partial charge in [-0.25, -0.2) is 9.36 Å². The number of halogens is 2. The molecule has 1 aliphatic rings. The van der Waals surface area contributed by atoms with Gasteiger partial charge in [-0.05, 0) is 61.6 Å². The van der Waals surface area contributed by atoms with Crippen LogP contribution >= 0.6 is 0 Å². The van der Waals surface area contributed by atoms with E-state index < -0.39 is 12.5 Å². The average Bonchev–Trinajstić information content (AvgIpc) is 3.63. The van der Waals surface area contributed by atoms with Gasteiger partial charge in [-0.15, -0.1) is 5.10 Å². The minimum absolute atomic E-state index is 0.138. The molecule has 5 rings (SSSR count). The van der Waals surface area contributed by atoms with Gasteiger partial charge < -0.3 is 15.8 Å². The van der Waals surface area contributed by atoms with Crippen LogP contribution in [-0.4, -0.2) is 43.5 Å². The second kappa shape index (κ2) is 11.4. The summed E-state index contributed by atoms with van der Waals surface area (Å²) in [5, 5.41) is 20.5. The summed E-state index contributed by atoms with van der Waals surface area (Å²) >= 11 is 0. The van der Waals surface area contributed by atoms with Crippen LogP contribution in [0.5, 0.6) is 5.88 Å². The molecule has 204 valence electrons. The Kier molecular flexibility index (Phi) is 7.54. The predicted molar refractivity (Wildman–Crippen MR) is 140 cm³/mol. The summed E-state index contributed by atoms with van der Waals surface area (Å²) < 4.78 is 34.0. The van der Waals surface area contributed by atoms with Gasteiger partial charge in [0.2, 0.25) is 5.88 Å². The summed E-state index contributed by atoms with van der Waals surface area (Å²) in [6.45, 7) is -2.79. The highest BCUT2D eigenvalue weighted by Crippen LogP contribution is 2.27. The molecule has 2 amide bonds. The molecule has 1 aliphatic carbocycles. The number of aromatic nitrogens is 4. The topological polar surface area (TPSA) is 141 Å². The van der Waals surface area contributed by atoms with Crippen LogP contribution in [0.1, 0.15) is 58.5 Å². The highest BCUT2D eigenvalue weighted by molar-refractivity contribution is 5.96. The lowest BCUT2D eigenvalue weighted by Crippen LogP contribution is -2.39. The Balaban J connectivity index is 1.22. The molecule has 12 heteroatoms. The van der Waals surface area contributed by atoms with Crippen LogP contribution in [0.3, 0.4) is 0 Å². The highest BCUT2D eigenvalue weighted by atomic mass is 19.3. The van der Waals surface area contributed by atoms with Gasteiger partial charge in [0.05, 0.1) is 23.5 Å². The van der Waals surface area contributed by atoms with E-state index in [-0.39, 0.29) is 40.6 Å². The molecule has 3 N–H and O–H groups in total. The number of alkyl halides is 2. The predicted octanol–water partition coefficient (Wildman–Crippen LogP) is 4.22. The fraction of sp³-hybridized carbons (Fsp3) is 0.250. The van der Waals surface area contributed by atoms with Crippen molar-refractivity contribution in [2.45, 2.75) is 44.4 Å². The fourth-order valence-corrected chi connectivity index (χ4v) is 4.66. The van der Waals surface area contributed by atoms with E-state index in [0.717, 1.165) is 11.9 Å². The van der Waals surface area contributed by atoms with Crippen molar-refractivity contribution in [1.29, 1.82) is 5.26 Å². The quantitative estimate of drug-likeness (QED) is 0.340. The van der Waals surface area contributed by atoms with Crippen molar-refractivity contribution < 1.29 is 23.1 Å². The van der Waals surface area contributed by atoms with E-state index >= 15 is 0 Å². The van der Waals surface area contributed by atoms with Crippen molar-refractivity contribution in [3.05, 3.63) is 83.8 Å². The summed E-state index contributed by atoms with van der Waals surface area (Å²) in [5.74, 6) is -0.847. The number of benzene rings is 2. The summed E-state index contributed by atoms with van der Waals surface area (Å²) in [6, 6.07) is 15.7. The maximum absolute atomic E-state index is 13.1. The molecular formula is C28H25F2N7O3. The van der Waals surface area contributed by atoms with Crippen molar-refractivity contribution in [2.24, 2.45) is 5.73 Å². The summed E-state index contributed by atoms with van der Waals surface area (Å²) in [6.07, 6.45) is 6.21. The lowest BCUT2D eigenvalue weighted by molar-refractivity contribution is 0.0566. The monoisotopic (exact) mass is 545 g/mol. The first-order chi connectivity index (χ1) is 19.3. The molecule has 0 atom stereocenters. The van der Waals surface area contributed by atoms with Gasteiger partial charge in [0.1, 0.15) is 11.7 Å². The Hall–Kier alpha value is -5.05. The molecule has 1 fully saturated rings. The number of primary amides is 1. The molecule has 2 heterocycles. The van der Waals surface area contributed by atoms with Gasteiger partial charge in [0.25, 0.3) is 11.8 Å². The summed E-state index contributed by atoms with van der Waals surface area (Å²) in [7, 11) is 0. The number of nitrogens with one attached hydrogen (secondary N) is 1. The van der Waals surface area contributed by atoms with E-state index in [0.29, 0.717) is 41.5 Å². The maximum Gasteiger partial charge on any atom is 0.333 e. The number of carbonyl (C=O) groups is 2. The molecule has 0 aliphatic heterocycles. The number of nitrogens with zero attached hydrogens (tertiary/aromatic N) is 5. The molecular weight excluding hydrogens is 520 g/mol. The Morgan fingerprint density at radius 2 is 1.82 bits per heavy atom. The van der Waals surface area contributed by atoms with Gasteiger partial charge in [-0.1, -0.05) is 18.2 Å². The van der Waals surface area contributed by atoms with Crippen molar-refractivity contribution in [1.82, 2.24) is 24.9 Å². The minimum atomic E-state index is -2.79. The van der Waals surface area contributed by atoms with Crippen molar-refractivity contribution in [3.63, 3.8) is 0 Å². The van der Waals surface area contributed by atoms with E-state index in [9.17, 15) is 23.6 Å². The zero-order chi connectivity index (χ0) is 28.2. The number of para-hydroxylation sites is 1.